The van der Waals surface area contributed by atoms with Crippen molar-refractivity contribution in [2.24, 2.45) is 5.92 Å². The molecule has 0 radical (unpaired) electrons. The van der Waals surface area contributed by atoms with Crippen LogP contribution in [-0.2, 0) is 14.3 Å². The van der Waals surface area contributed by atoms with Gasteiger partial charge in [-0.05, 0) is 60.4 Å². The summed E-state index contributed by atoms with van der Waals surface area (Å²) in [7, 11) is 0. The molecule has 8 heteroatoms. The van der Waals surface area contributed by atoms with Gasteiger partial charge in [0.05, 0.1) is 19.8 Å². The smallest absolute Gasteiger partial charge is 0.407 e. The Balaban J connectivity index is 1.70. The average Bonchev–Trinajstić information content (AvgIpc) is 3.08. The number of rotatable bonds is 7. The molecule has 0 bridgehead atoms. The highest BCUT2D eigenvalue weighted by atomic mass is 16.6. The Kier molecular flexibility index (Phi) is 8.31. The van der Waals surface area contributed by atoms with Crippen LogP contribution in [0.25, 0.3) is 0 Å². The number of amides is 2. The molecule has 2 amide bonds. The molecule has 2 heterocycles. The van der Waals surface area contributed by atoms with E-state index < -0.39 is 5.60 Å². The van der Waals surface area contributed by atoms with Crippen LogP contribution in [0.3, 0.4) is 0 Å². The molecule has 0 aromatic rings. The summed E-state index contributed by atoms with van der Waals surface area (Å²) in [6, 6.07) is 0.0122. The second-order valence-electron chi connectivity index (χ2n) is 9.91. The zero-order valence-corrected chi connectivity index (χ0v) is 19.0. The first-order valence-corrected chi connectivity index (χ1v) is 10.8. The van der Waals surface area contributed by atoms with E-state index in [0.29, 0.717) is 19.0 Å². The van der Waals surface area contributed by atoms with E-state index in [4.69, 9.17) is 9.47 Å². The van der Waals surface area contributed by atoms with Gasteiger partial charge in [-0.2, -0.15) is 0 Å². The van der Waals surface area contributed by atoms with Crippen molar-refractivity contribution in [3.63, 3.8) is 0 Å². The monoisotopic (exact) mass is 412 g/mol. The van der Waals surface area contributed by atoms with Crippen LogP contribution in [0.4, 0.5) is 4.79 Å². The van der Waals surface area contributed by atoms with Crippen LogP contribution < -0.4 is 10.6 Å². The number of ether oxygens (including phenoxy) is 2. The Morgan fingerprint density at radius 2 is 1.79 bits per heavy atom. The van der Waals surface area contributed by atoms with E-state index in [0.717, 1.165) is 45.8 Å². The fraction of sp³-hybridized carbons (Fsp3) is 0.905. The van der Waals surface area contributed by atoms with Gasteiger partial charge in [0, 0.05) is 37.8 Å². The SMILES string of the molecule is C[C@H](NC(=O)OC(C)(C)C)[C@H]1CCN(CC(=O)NCC(C)(C)N2CCOCC2)C1. The van der Waals surface area contributed by atoms with Crippen LogP contribution >= 0.6 is 0 Å². The number of hydrogen-bond acceptors (Lipinski definition) is 6. The maximum atomic E-state index is 12.5. The van der Waals surface area contributed by atoms with Gasteiger partial charge in [-0.1, -0.05) is 0 Å². The lowest BCUT2D eigenvalue weighted by Gasteiger charge is -2.40. The molecule has 2 aliphatic rings. The molecule has 168 valence electrons. The first kappa shape index (κ1) is 23.9. The number of carbonyl (C=O) groups is 2. The lowest BCUT2D eigenvalue weighted by Crippen LogP contribution is -2.56. The lowest BCUT2D eigenvalue weighted by molar-refractivity contribution is -0.122. The zero-order chi connectivity index (χ0) is 21.7. The van der Waals surface area contributed by atoms with Crippen LogP contribution in [0.5, 0.6) is 0 Å². The van der Waals surface area contributed by atoms with Gasteiger partial charge in [0.1, 0.15) is 5.60 Å². The van der Waals surface area contributed by atoms with Crippen molar-refractivity contribution in [3.8, 4) is 0 Å². The number of nitrogens with zero attached hydrogens (tertiary/aromatic N) is 2. The fourth-order valence-corrected chi connectivity index (χ4v) is 3.88. The van der Waals surface area contributed by atoms with Gasteiger partial charge >= 0.3 is 6.09 Å². The molecule has 29 heavy (non-hydrogen) atoms. The van der Waals surface area contributed by atoms with Crippen LogP contribution in [0, 0.1) is 5.92 Å². The molecular formula is C21H40N4O4. The predicted molar refractivity (Wildman–Crippen MR) is 113 cm³/mol. The summed E-state index contributed by atoms with van der Waals surface area (Å²) in [5.74, 6) is 0.375. The molecule has 0 aromatic carbocycles. The second kappa shape index (κ2) is 10.1. The fourth-order valence-electron chi connectivity index (χ4n) is 3.88. The topological polar surface area (TPSA) is 83.1 Å². The summed E-state index contributed by atoms with van der Waals surface area (Å²) in [4.78, 5) is 29.0. The van der Waals surface area contributed by atoms with Gasteiger partial charge in [0.2, 0.25) is 5.91 Å². The molecule has 0 aromatic heterocycles. The van der Waals surface area contributed by atoms with E-state index in [1.165, 1.54) is 0 Å². The lowest BCUT2D eigenvalue weighted by atomic mass is 10.0. The first-order valence-electron chi connectivity index (χ1n) is 10.8. The number of hydrogen-bond donors (Lipinski definition) is 2. The van der Waals surface area contributed by atoms with E-state index in [2.05, 4.69) is 34.3 Å². The number of likely N-dealkylation sites (tertiary alicyclic amines) is 1. The number of alkyl carbamates (subject to hydrolysis) is 1. The molecule has 0 aliphatic carbocycles. The van der Waals surface area contributed by atoms with Crippen molar-refractivity contribution in [1.82, 2.24) is 20.4 Å². The van der Waals surface area contributed by atoms with Crippen LogP contribution in [0.15, 0.2) is 0 Å². The van der Waals surface area contributed by atoms with Gasteiger partial charge in [-0.15, -0.1) is 0 Å². The van der Waals surface area contributed by atoms with E-state index >= 15 is 0 Å². The quantitative estimate of drug-likeness (QED) is 0.659. The third-order valence-electron chi connectivity index (χ3n) is 5.71. The van der Waals surface area contributed by atoms with Gasteiger partial charge in [-0.25, -0.2) is 4.79 Å². The summed E-state index contributed by atoms with van der Waals surface area (Å²) in [6.45, 7) is 17.9. The highest BCUT2D eigenvalue weighted by Gasteiger charge is 2.31. The van der Waals surface area contributed by atoms with E-state index in [9.17, 15) is 9.59 Å². The molecule has 2 aliphatic heterocycles. The third-order valence-corrected chi connectivity index (χ3v) is 5.71. The normalized spacial score (nSPS) is 22.9. The first-order chi connectivity index (χ1) is 13.5. The van der Waals surface area contributed by atoms with Crippen molar-refractivity contribution >= 4 is 12.0 Å². The summed E-state index contributed by atoms with van der Waals surface area (Å²) >= 11 is 0. The van der Waals surface area contributed by atoms with Gasteiger partial charge < -0.3 is 20.1 Å². The van der Waals surface area contributed by atoms with E-state index in [1.807, 2.05) is 27.7 Å². The molecule has 2 rings (SSSR count). The van der Waals surface area contributed by atoms with Gasteiger partial charge in [0.25, 0.3) is 0 Å². The molecule has 2 saturated heterocycles. The third kappa shape index (κ3) is 8.10. The maximum Gasteiger partial charge on any atom is 0.407 e. The van der Waals surface area contributed by atoms with Crippen LogP contribution in [0.2, 0.25) is 0 Å². The van der Waals surface area contributed by atoms with Crippen molar-refractivity contribution in [2.75, 3.05) is 52.5 Å². The second-order valence-corrected chi connectivity index (χ2v) is 9.91. The molecule has 2 N–H and O–H groups in total. The number of nitrogens with one attached hydrogen (secondary N) is 2. The Bertz CT molecular complexity index is 555. The standard InChI is InChI=1S/C21H40N4O4/c1-16(23-19(27)29-20(2,3)4)17-7-8-24(13-17)14-18(26)22-15-21(5,6)25-9-11-28-12-10-25/h16-17H,7-15H2,1-6H3,(H,22,26)(H,23,27)/t16-,17-/m0/s1. The molecule has 8 nitrogen and oxygen atoms in total. The van der Waals surface area contributed by atoms with E-state index in [1.54, 1.807) is 0 Å². The molecule has 0 unspecified atom stereocenters. The number of morpholine rings is 1. The summed E-state index contributed by atoms with van der Waals surface area (Å²) in [5, 5.41) is 6.03. The van der Waals surface area contributed by atoms with Crippen molar-refractivity contribution in [3.05, 3.63) is 0 Å². The molecule has 2 atom stereocenters. The van der Waals surface area contributed by atoms with Crippen molar-refractivity contribution in [2.45, 2.75) is 65.1 Å². The van der Waals surface area contributed by atoms with E-state index in [-0.39, 0.29) is 23.6 Å². The summed E-state index contributed by atoms with van der Waals surface area (Å²) in [6.07, 6.45) is 0.579. The van der Waals surface area contributed by atoms with Crippen molar-refractivity contribution < 1.29 is 19.1 Å². The average molecular weight is 413 g/mol. The van der Waals surface area contributed by atoms with Gasteiger partial charge in [-0.3, -0.25) is 14.6 Å². The Morgan fingerprint density at radius 3 is 2.41 bits per heavy atom. The Morgan fingerprint density at radius 1 is 1.14 bits per heavy atom. The predicted octanol–water partition coefficient (Wildman–Crippen LogP) is 1.45. The van der Waals surface area contributed by atoms with Crippen molar-refractivity contribution in [1.29, 1.82) is 0 Å². The highest BCUT2D eigenvalue weighted by molar-refractivity contribution is 5.78. The molecular weight excluding hydrogens is 372 g/mol. The Labute approximate surface area is 175 Å². The minimum Gasteiger partial charge on any atom is -0.444 e. The minimum atomic E-state index is -0.501. The van der Waals surface area contributed by atoms with Gasteiger partial charge in [0.15, 0.2) is 0 Å². The van der Waals surface area contributed by atoms with Crippen LogP contribution in [-0.4, -0.2) is 91.5 Å². The summed E-state index contributed by atoms with van der Waals surface area (Å²) < 4.78 is 10.7. The largest absolute Gasteiger partial charge is 0.444 e. The zero-order valence-electron chi connectivity index (χ0n) is 19.0. The number of carbonyl (C=O) groups excluding carboxylic acids is 2. The molecule has 0 saturated carbocycles. The summed E-state index contributed by atoms with van der Waals surface area (Å²) in [5.41, 5.74) is -0.586. The highest BCUT2D eigenvalue weighted by Crippen LogP contribution is 2.20. The Hall–Kier alpha value is -1.38. The maximum absolute atomic E-state index is 12.5. The van der Waals surface area contributed by atoms with Crippen LogP contribution in [0.1, 0.15) is 48.0 Å². The molecule has 0 spiro atoms. The molecule has 2 fully saturated rings. The minimum absolute atomic E-state index is 0.0122.